The summed E-state index contributed by atoms with van der Waals surface area (Å²) in [7, 11) is -2.94. The van der Waals surface area contributed by atoms with Gasteiger partial charge in [0.05, 0.1) is 17.5 Å². The van der Waals surface area contributed by atoms with Gasteiger partial charge in [-0.3, -0.25) is 16.0 Å². The van der Waals surface area contributed by atoms with Crippen molar-refractivity contribution in [3.05, 3.63) is 0 Å². The highest BCUT2D eigenvalue weighted by Gasteiger charge is 2.38. The first-order chi connectivity index (χ1) is 12.0. The van der Waals surface area contributed by atoms with Gasteiger partial charge >= 0.3 is 0 Å². The molecular formula is C17H30N4O2S2. The number of nitriles is 1. The van der Waals surface area contributed by atoms with E-state index in [0.717, 1.165) is 38.8 Å². The molecule has 4 atom stereocenters. The van der Waals surface area contributed by atoms with Crippen LogP contribution >= 0.6 is 11.8 Å². The van der Waals surface area contributed by atoms with E-state index in [0.29, 0.717) is 11.2 Å². The molecule has 0 bridgehead atoms. The Morgan fingerprint density at radius 2 is 2.00 bits per heavy atom. The van der Waals surface area contributed by atoms with Crippen LogP contribution < -0.4 is 16.0 Å². The van der Waals surface area contributed by atoms with Crippen molar-refractivity contribution in [2.24, 2.45) is 5.92 Å². The van der Waals surface area contributed by atoms with E-state index in [4.69, 9.17) is 0 Å². The molecule has 3 N–H and O–H groups in total. The van der Waals surface area contributed by atoms with Crippen LogP contribution in [-0.2, 0) is 9.84 Å². The molecule has 3 aliphatic rings. The van der Waals surface area contributed by atoms with E-state index in [-0.39, 0.29) is 23.5 Å². The van der Waals surface area contributed by atoms with E-state index >= 15 is 0 Å². The summed E-state index contributed by atoms with van der Waals surface area (Å²) in [6.07, 6.45) is 7.32. The van der Waals surface area contributed by atoms with Crippen molar-refractivity contribution in [1.29, 1.82) is 5.26 Å². The van der Waals surface area contributed by atoms with Gasteiger partial charge in [0.1, 0.15) is 15.9 Å². The largest absolute Gasteiger partial charge is 0.300 e. The van der Waals surface area contributed by atoms with Crippen molar-refractivity contribution >= 4 is 21.6 Å². The van der Waals surface area contributed by atoms with Gasteiger partial charge in [-0.15, -0.1) is 0 Å². The molecule has 0 amide bonds. The van der Waals surface area contributed by atoms with Crippen LogP contribution in [0.4, 0.5) is 0 Å². The van der Waals surface area contributed by atoms with Crippen LogP contribution in [0.3, 0.4) is 0 Å². The lowest BCUT2D eigenvalue weighted by atomic mass is 9.80. The molecule has 3 fully saturated rings. The van der Waals surface area contributed by atoms with Crippen LogP contribution in [-0.4, -0.2) is 62.3 Å². The predicted molar refractivity (Wildman–Crippen MR) is 102 cm³/mol. The summed E-state index contributed by atoms with van der Waals surface area (Å²) in [6, 6.07) is 2.28. The predicted octanol–water partition coefficient (Wildman–Crippen LogP) is 0.855. The number of thioether (sulfide) groups is 1. The lowest BCUT2D eigenvalue weighted by Gasteiger charge is -2.42. The molecule has 0 aromatic carbocycles. The number of hydrogen-bond acceptors (Lipinski definition) is 7. The topological polar surface area (TPSA) is 94.0 Å². The summed E-state index contributed by atoms with van der Waals surface area (Å²) in [6.45, 7) is 1.76. The Hall–Kier alpha value is -0.330. The molecule has 0 aromatic heterocycles. The van der Waals surface area contributed by atoms with Crippen molar-refractivity contribution in [3.63, 3.8) is 0 Å². The molecule has 8 heteroatoms. The van der Waals surface area contributed by atoms with E-state index in [2.05, 4.69) is 22.0 Å². The maximum absolute atomic E-state index is 11.8. The zero-order valence-corrected chi connectivity index (χ0v) is 16.5. The van der Waals surface area contributed by atoms with Crippen LogP contribution in [0.25, 0.3) is 0 Å². The fraction of sp³-hybridized carbons (Fsp3) is 0.941. The molecule has 0 aromatic rings. The minimum Gasteiger partial charge on any atom is -0.300 e. The average molecular weight is 387 g/mol. The molecule has 6 nitrogen and oxygen atoms in total. The zero-order chi connectivity index (χ0) is 17.9. The van der Waals surface area contributed by atoms with Crippen LogP contribution in [0.5, 0.6) is 0 Å². The van der Waals surface area contributed by atoms with Gasteiger partial charge in [0.2, 0.25) is 0 Å². The second-order valence-corrected chi connectivity index (χ2v) is 11.4. The number of rotatable bonds is 5. The maximum Gasteiger partial charge on any atom is 0.150 e. The Bertz CT molecular complexity index is 578. The third-order valence-electron chi connectivity index (χ3n) is 5.88. The number of sulfone groups is 1. The third-order valence-corrected chi connectivity index (χ3v) is 8.96. The molecule has 2 aliphatic heterocycles. The Kier molecular flexibility index (Phi) is 6.66. The summed E-state index contributed by atoms with van der Waals surface area (Å²) in [5.74, 6) is 1.63. The average Bonchev–Trinajstić information content (AvgIpc) is 3.12. The maximum atomic E-state index is 11.8. The van der Waals surface area contributed by atoms with Gasteiger partial charge < -0.3 is 0 Å². The van der Waals surface area contributed by atoms with E-state index in [9.17, 15) is 13.7 Å². The van der Waals surface area contributed by atoms with Crippen LogP contribution in [0, 0.1) is 17.2 Å². The number of piperazine rings is 1. The Morgan fingerprint density at radius 3 is 2.60 bits per heavy atom. The minimum absolute atomic E-state index is 0.0907. The molecule has 3 rings (SSSR count). The molecule has 1 aliphatic carbocycles. The Labute approximate surface area is 155 Å². The zero-order valence-electron chi connectivity index (χ0n) is 14.9. The van der Waals surface area contributed by atoms with Crippen molar-refractivity contribution in [2.75, 3.05) is 25.1 Å². The second-order valence-electron chi connectivity index (χ2n) is 7.67. The number of nitrogens with one attached hydrogen (secondary N) is 3. The summed E-state index contributed by atoms with van der Waals surface area (Å²) in [5.41, 5.74) is 0. The van der Waals surface area contributed by atoms with Gasteiger partial charge in [-0.1, -0.05) is 0 Å². The first-order valence-electron chi connectivity index (χ1n) is 9.40. The molecule has 0 spiro atoms. The number of nitrogens with zero attached hydrogens (tertiary/aromatic N) is 1. The van der Waals surface area contributed by atoms with Gasteiger partial charge in [-0.05, 0) is 50.2 Å². The molecule has 2 saturated heterocycles. The van der Waals surface area contributed by atoms with Crippen molar-refractivity contribution in [1.82, 2.24) is 16.0 Å². The second kappa shape index (κ2) is 8.57. The van der Waals surface area contributed by atoms with Crippen LogP contribution in [0.2, 0.25) is 0 Å². The van der Waals surface area contributed by atoms with Crippen LogP contribution in [0.15, 0.2) is 0 Å². The van der Waals surface area contributed by atoms with E-state index in [1.807, 2.05) is 11.8 Å². The van der Waals surface area contributed by atoms with Crippen LogP contribution in [0.1, 0.15) is 38.5 Å². The fourth-order valence-electron chi connectivity index (χ4n) is 4.38. The number of hydrogen-bond donors (Lipinski definition) is 3. The lowest BCUT2D eigenvalue weighted by molar-refractivity contribution is 0.179. The van der Waals surface area contributed by atoms with E-state index in [1.165, 1.54) is 24.9 Å². The molecule has 142 valence electrons. The lowest BCUT2D eigenvalue weighted by Crippen LogP contribution is -2.67. The van der Waals surface area contributed by atoms with Gasteiger partial charge in [-0.2, -0.15) is 17.0 Å². The fourth-order valence-corrected chi connectivity index (χ4v) is 6.72. The Balaban J connectivity index is 1.53. The van der Waals surface area contributed by atoms with Gasteiger partial charge in [0, 0.05) is 30.6 Å². The summed E-state index contributed by atoms with van der Waals surface area (Å²) < 4.78 is 23.5. The molecule has 4 unspecified atom stereocenters. The minimum atomic E-state index is -2.94. The smallest absolute Gasteiger partial charge is 0.150 e. The first kappa shape index (κ1) is 19.4. The Morgan fingerprint density at radius 1 is 1.24 bits per heavy atom. The van der Waals surface area contributed by atoms with E-state index < -0.39 is 9.84 Å². The molecule has 1 saturated carbocycles. The normalized spacial score (nSPS) is 39.8. The quantitative estimate of drug-likeness (QED) is 0.645. The SMILES string of the molecule is CS(=O)(=O)C1CCC(C2NC(NCC3CCCS3)CNC2C#N)CC1. The van der Waals surface area contributed by atoms with Crippen molar-refractivity contribution < 1.29 is 8.42 Å². The standard InChI is InChI=1S/C17H30N4O2S2/c1-25(22,23)14-6-4-12(5-7-14)17-15(9-18)19-11-16(21-17)20-10-13-3-2-8-24-13/h12-17,19-21H,2-8,10-11H2,1H3. The van der Waals surface area contributed by atoms with Crippen molar-refractivity contribution in [3.8, 4) is 6.07 Å². The molecule has 25 heavy (non-hydrogen) atoms. The highest BCUT2D eigenvalue weighted by atomic mass is 32.2. The monoisotopic (exact) mass is 386 g/mol. The highest BCUT2D eigenvalue weighted by molar-refractivity contribution is 8.00. The third kappa shape index (κ3) is 5.10. The molecule has 0 radical (unpaired) electrons. The van der Waals surface area contributed by atoms with Gasteiger partial charge in [0.15, 0.2) is 0 Å². The van der Waals surface area contributed by atoms with Crippen molar-refractivity contribution in [2.45, 2.75) is 67.3 Å². The summed E-state index contributed by atoms with van der Waals surface area (Å²) >= 11 is 2.05. The summed E-state index contributed by atoms with van der Waals surface area (Å²) in [5, 5.41) is 20.6. The van der Waals surface area contributed by atoms with Gasteiger partial charge in [-0.25, -0.2) is 8.42 Å². The first-order valence-corrected chi connectivity index (χ1v) is 12.4. The summed E-state index contributed by atoms with van der Waals surface area (Å²) in [4.78, 5) is 0. The van der Waals surface area contributed by atoms with Gasteiger partial charge in [0.25, 0.3) is 0 Å². The highest BCUT2D eigenvalue weighted by Crippen LogP contribution is 2.32. The molecule has 2 heterocycles. The molecular weight excluding hydrogens is 356 g/mol. The van der Waals surface area contributed by atoms with E-state index in [1.54, 1.807) is 0 Å².